The average molecular weight is 530 g/mol. The number of para-hydroxylation sites is 1. The highest BCUT2D eigenvalue weighted by Gasteiger charge is 2.28. The van der Waals surface area contributed by atoms with Crippen LogP contribution in [0.25, 0.3) is 22.2 Å². The van der Waals surface area contributed by atoms with Gasteiger partial charge < -0.3 is 24.8 Å². The number of piperidine rings is 1. The molecule has 0 aliphatic carbocycles. The minimum absolute atomic E-state index is 0.277. The third kappa shape index (κ3) is 5.16. The van der Waals surface area contributed by atoms with Gasteiger partial charge in [0.2, 0.25) is 5.95 Å². The maximum atomic E-state index is 15.5. The maximum absolute atomic E-state index is 15.5. The van der Waals surface area contributed by atoms with E-state index in [1.807, 2.05) is 31.3 Å². The number of hydrogen-bond donors (Lipinski definition) is 2. The van der Waals surface area contributed by atoms with Crippen LogP contribution in [0.4, 0.5) is 21.7 Å². The third-order valence-corrected chi connectivity index (χ3v) is 8.19. The molecule has 2 fully saturated rings. The van der Waals surface area contributed by atoms with Crippen molar-refractivity contribution in [2.75, 3.05) is 63.6 Å². The van der Waals surface area contributed by atoms with Gasteiger partial charge in [-0.1, -0.05) is 18.2 Å². The van der Waals surface area contributed by atoms with Crippen molar-refractivity contribution < 1.29 is 9.13 Å². The van der Waals surface area contributed by atoms with Crippen molar-refractivity contribution in [3.05, 3.63) is 60.2 Å². The second-order valence-corrected chi connectivity index (χ2v) is 10.7. The second kappa shape index (κ2) is 10.8. The number of ether oxygens (including phenoxy) is 1. The summed E-state index contributed by atoms with van der Waals surface area (Å²) < 4.78 is 21.2. The molecular formula is C30H36FN7O. The Bertz CT molecular complexity index is 1460. The van der Waals surface area contributed by atoms with E-state index in [0.717, 1.165) is 79.8 Å². The van der Waals surface area contributed by atoms with Crippen molar-refractivity contribution in [1.82, 2.24) is 24.8 Å². The number of nitrogens with zero attached hydrogens (tertiary/aromatic N) is 5. The van der Waals surface area contributed by atoms with Crippen LogP contribution in [0.3, 0.4) is 0 Å². The Morgan fingerprint density at radius 1 is 1.05 bits per heavy atom. The predicted molar refractivity (Wildman–Crippen MR) is 155 cm³/mol. The highest BCUT2D eigenvalue weighted by Crippen LogP contribution is 2.36. The number of nitrogens with one attached hydrogen (secondary N) is 2. The standard InChI is InChI=1S/C30H36FN7O/c1-20-18-33-30(35-29(20)23-19-32-25-7-5-4-6-22(23)25)34-26-16-24(31)27(17-28(26)39-3)38-10-8-21(9-11-38)37-14-12-36(2)13-15-37/h4-7,16-19,21,32H,8-15H2,1-3H3,(H,33,34,35). The van der Waals surface area contributed by atoms with Gasteiger partial charge in [-0.25, -0.2) is 14.4 Å². The molecule has 0 atom stereocenters. The molecule has 0 radical (unpaired) electrons. The van der Waals surface area contributed by atoms with Crippen LogP contribution < -0.4 is 15.0 Å². The Balaban J connectivity index is 1.20. The molecule has 0 amide bonds. The SMILES string of the molecule is COc1cc(N2CCC(N3CCN(C)CC3)CC2)c(F)cc1Nc1ncc(C)c(-c2c[nH]c3ccccc23)n1. The van der Waals surface area contributed by atoms with E-state index in [4.69, 9.17) is 9.72 Å². The number of aromatic amines is 1. The number of halogens is 1. The van der Waals surface area contributed by atoms with Gasteiger partial charge in [-0.05, 0) is 38.4 Å². The number of benzene rings is 2. The van der Waals surface area contributed by atoms with Crippen LogP contribution in [0.5, 0.6) is 5.75 Å². The molecular weight excluding hydrogens is 493 g/mol. The first-order chi connectivity index (χ1) is 19.0. The molecule has 0 saturated carbocycles. The Morgan fingerprint density at radius 3 is 2.59 bits per heavy atom. The number of likely N-dealkylation sites (N-methyl/N-ethyl adjacent to an activating group) is 1. The summed E-state index contributed by atoms with van der Waals surface area (Å²) >= 11 is 0. The Labute approximate surface area is 228 Å². The van der Waals surface area contributed by atoms with Crippen LogP contribution in [-0.2, 0) is 0 Å². The molecule has 2 aliphatic rings. The van der Waals surface area contributed by atoms with Crippen molar-refractivity contribution in [3.63, 3.8) is 0 Å². The number of aromatic nitrogens is 3. The van der Waals surface area contributed by atoms with Crippen molar-refractivity contribution in [2.45, 2.75) is 25.8 Å². The molecule has 0 spiro atoms. The quantitative estimate of drug-likeness (QED) is 0.363. The lowest BCUT2D eigenvalue weighted by Crippen LogP contribution is -2.52. The number of piperazine rings is 1. The van der Waals surface area contributed by atoms with Crippen LogP contribution in [0, 0.1) is 12.7 Å². The van der Waals surface area contributed by atoms with E-state index < -0.39 is 0 Å². The van der Waals surface area contributed by atoms with Crippen LogP contribution >= 0.6 is 0 Å². The van der Waals surface area contributed by atoms with Gasteiger partial charge in [-0.3, -0.25) is 4.90 Å². The average Bonchev–Trinajstić information content (AvgIpc) is 3.39. The summed E-state index contributed by atoms with van der Waals surface area (Å²) in [6, 6.07) is 12.0. The van der Waals surface area contributed by atoms with E-state index in [2.05, 4.69) is 43.1 Å². The lowest BCUT2D eigenvalue weighted by molar-refractivity contribution is 0.0981. The van der Waals surface area contributed by atoms with Gasteiger partial charge in [0.05, 0.1) is 24.2 Å². The molecule has 2 saturated heterocycles. The van der Waals surface area contributed by atoms with Crippen molar-refractivity contribution in [3.8, 4) is 17.0 Å². The second-order valence-electron chi connectivity index (χ2n) is 10.7. The zero-order chi connectivity index (χ0) is 26.9. The van der Waals surface area contributed by atoms with Gasteiger partial charge in [0.15, 0.2) is 0 Å². The number of H-pyrrole nitrogens is 1. The predicted octanol–water partition coefficient (Wildman–Crippen LogP) is 5.04. The summed E-state index contributed by atoms with van der Waals surface area (Å²) in [5.74, 6) is 0.671. The first-order valence-corrected chi connectivity index (χ1v) is 13.7. The molecule has 8 nitrogen and oxygen atoms in total. The largest absolute Gasteiger partial charge is 0.494 e. The molecule has 0 unspecified atom stereocenters. The Morgan fingerprint density at radius 2 is 1.82 bits per heavy atom. The lowest BCUT2D eigenvalue weighted by atomic mass is 10.0. The van der Waals surface area contributed by atoms with Gasteiger partial charge in [0.25, 0.3) is 0 Å². The molecule has 2 aliphatic heterocycles. The molecule has 204 valence electrons. The monoisotopic (exact) mass is 529 g/mol. The third-order valence-electron chi connectivity index (χ3n) is 8.19. The molecule has 2 aromatic carbocycles. The van der Waals surface area contributed by atoms with Crippen LogP contribution in [0.15, 0.2) is 48.8 Å². The highest BCUT2D eigenvalue weighted by atomic mass is 19.1. The summed E-state index contributed by atoms with van der Waals surface area (Å²) in [6.45, 7) is 8.13. The zero-order valence-electron chi connectivity index (χ0n) is 22.9. The van der Waals surface area contributed by atoms with Gasteiger partial charge in [-0.2, -0.15) is 0 Å². The molecule has 4 heterocycles. The van der Waals surface area contributed by atoms with Crippen molar-refractivity contribution in [1.29, 1.82) is 0 Å². The Hall–Kier alpha value is -3.69. The minimum atomic E-state index is -0.277. The van der Waals surface area contributed by atoms with Gasteiger partial charge in [-0.15, -0.1) is 0 Å². The van der Waals surface area contributed by atoms with Crippen LogP contribution in [0.1, 0.15) is 18.4 Å². The number of anilines is 3. The number of methoxy groups -OCH3 is 1. The summed E-state index contributed by atoms with van der Waals surface area (Å²) in [6.07, 6.45) is 5.83. The smallest absolute Gasteiger partial charge is 0.227 e. The molecule has 6 rings (SSSR count). The van der Waals surface area contributed by atoms with Crippen LogP contribution in [0.2, 0.25) is 0 Å². The number of hydrogen-bond acceptors (Lipinski definition) is 7. The number of rotatable bonds is 6. The fourth-order valence-electron chi connectivity index (χ4n) is 5.87. The van der Waals surface area contributed by atoms with E-state index in [9.17, 15) is 0 Å². The molecule has 4 aromatic rings. The molecule has 2 N–H and O–H groups in total. The Kier molecular flexibility index (Phi) is 7.10. The summed E-state index contributed by atoms with van der Waals surface area (Å²) in [5, 5.41) is 4.29. The van der Waals surface area contributed by atoms with Gasteiger partial charge >= 0.3 is 0 Å². The summed E-state index contributed by atoms with van der Waals surface area (Å²) in [5.41, 5.74) is 4.91. The molecule has 0 bridgehead atoms. The normalized spacial score (nSPS) is 17.6. The van der Waals surface area contributed by atoms with Crippen molar-refractivity contribution >= 4 is 28.2 Å². The van der Waals surface area contributed by atoms with E-state index >= 15 is 4.39 Å². The fourth-order valence-corrected chi connectivity index (χ4v) is 5.87. The molecule has 2 aromatic heterocycles. The van der Waals surface area contributed by atoms with E-state index in [-0.39, 0.29) is 5.82 Å². The van der Waals surface area contributed by atoms with Gasteiger partial charge in [0.1, 0.15) is 11.6 Å². The van der Waals surface area contributed by atoms with E-state index in [0.29, 0.717) is 29.1 Å². The zero-order valence-corrected chi connectivity index (χ0v) is 22.9. The minimum Gasteiger partial charge on any atom is -0.494 e. The first-order valence-electron chi connectivity index (χ1n) is 13.7. The maximum Gasteiger partial charge on any atom is 0.227 e. The topological polar surface area (TPSA) is 72.6 Å². The highest BCUT2D eigenvalue weighted by molar-refractivity contribution is 5.95. The van der Waals surface area contributed by atoms with Gasteiger partial charge in [0, 0.05) is 86.3 Å². The fraction of sp³-hybridized carbons (Fsp3) is 0.400. The molecule has 39 heavy (non-hydrogen) atoms. The van der Waals surface area contributed by atoms with E-state index in [1.165, 1.54) is 6.07 Å². The van der Waals surface area contributed by atoms with Crippen molar-refractivity contribution in [2.24, 2.45) is 0 Å². The van der Waals surface area contributed by atoms with E-state index in [1.54, 1.807) is 19.4 Å². The summed E-state index contributed by atoms with van der Waals surface area (Å²) in [4.78, 5) is 19.7. The number of aryl methyl sites for hydroxylation is 1. The lowest BCUT2D eigenvalue weighted by Gasteiger charge is -2.42. The summed E-state index contributed by atoms with van der Waals surface area (Å²) in [7, 11) is 3.79. The van der Waals surface area contributed by atoms with Crippen LogP contribution in [-0.4, -0.2) is 84.2 Å². The first kappa shape index (κ1) is 25.6. The number of fused-ring (bicyclic) bond motifs is 1. The molecule has 9 heteroatoms.